The van der Waals surface area contributed by atoms with E-state index in [9.17, 15) is 0 Å². The van der Waals surface area contributed by atoms with Crippen molar-refractivity contribution in [2.75, 3.05) is 13.1 Å². The molecule has 0 saturated carbocycles. The van der Waals surface area contributed by atoms with Gasteiger partial charge in [0.2, 0.25) is 0 Å². The molecular formula is C9H17BN2. The number of piperazine rings is 1. The molecule has 12 heavy (non-hydrogen) atoms. The summed E-state index contributed by atoms with van der Waals surface area (Å²) < 4.78 is 0. The number of hydrogen-bond acceptors (Lipinski definition) is 2. The zero-order valence-electron chi connectivity index (χ0n) is 8.25. The van der Waals surface area contributed by atoms with Gasteiger partial charge in [0.25, 0.3) is 0 Å². The van der Waals surface area contributed by atoms with Gasteiger partial charge in [-0.2, -0.15) is 0 Å². The van der Waals surface area contributed by atoms with E-state index in [1.807, 2.05) is 4.81 Å². The molecular weight excluding hydrogens is 147 g/mol. The van der Waals surface area contributed by atoms with Crippen LogP contribution in [0.15, 0.2) is 0 Å². The van der Waals surface area contributed by atoms with Gasteiger partial charge in [0.15, 0.2) is 7.98 Å². The molecule has 0 aliphatic carbocycles. The Morgan fingerprint density at radius 3 is 2.00 bits per heavy atom. The average molecular weight is 164 g/mol. The molecule has 0 spiro atoms. The summed E-state index contributed by atoms with van der Waals surface area (Å²) in [5.74, 6) is 0. The molecule has 3 heterocycles. The van der Waals surface area contributed by atoms with E-state index in [4.69, 9.17) is 7.98 Å². The topological polar surface area (TPSA) is 6.48 Å². The molecule has 0 aromatic carbocycles. The second kappa shape index (κ2) is 2.49. The number of piperidine rings is 1. The molecule has 66 valence electrons. The maximum absolute atomic E-state index is 5.84. The van der Waals surface area contributed by atoms with Gasteiger partial charge in [-0.3, -0.25) is 4.90 Å². The van der Waals surface area contributed by atoms with Gasteiger partial charge in [0.05, 0.1) is 0 Å². The lowest BCUT2D eigenvalue weighted by Crippen LogP contribution is -2.70. The normalized spacial score (nSPS) is 37.9. The van der Waals surface area contributed by atoms with E-state index in [1.165, 1.54) is 6.42 Å². The zero-order chi connectivity index (χ0) is 8.93. The second-order valence-electron chi connectivity index (χ2n) is 5.07. The Balaban J connectivity index is 1.99. The van der Waals surface area contributed by atoms with Gasteiger partial charge in [0.1, 0.15) is 0 Å². The Kier molecular flexibility index (Phi) is 1.78. The van der Waals surface area contributed by atoms with E-state index in [-0.39, 0.29) is 0 Å². The Hall–Kier alpha value is -0.0151. The van der Waals surface area contributed by atoms with E-state index >= 15 is 0 Å². The predicted molar refractivity (Wildman–Crippen MR) is 51.1 cm³/mol. The molecule has 3 fully saturated rings. The first-order valence-corrected chi connectivity index (χ1v) is 4.76. The molecule has 0 aromatic heterocycles. The van der Waals surface area contributed by atoms with Crippen molar-refractivity contribution >= 4 is 7.98 Å². The molecule has 0 aromatic rings. The van der Waals surface area contributed by atoms with Gasteiger partial charge in [0, 0.05) is 30.7 Å². The standard InChI is InChI=1S/C9H17BN2/c1-9(2,3)11-5-7-4-8(6-11)12(7)10/h7-8H,4-6H2,1-3H3. The number of nitrogens with zero attached hydrogens (tertiary/aromatic N) is 2. The summed E-state index contributed by atoms with van der Waals surface area (Å²) >= 11 is 0. The van der Waals surface area contributed by atoms with Crippen LogP contribution < -0.4 is 0 Å². The Morgan fingerprint density at radius 1 is 1.17 bits per heavy atom. The van der Waals surface area contributed by atoms with E-state index in [0.717, 1.165) is 13.1 Å². The summed E-state index contributed by atoms with van der Waals surface area (Å²) in [5.41, 5.74) is 0.318. The Bertz CT molecular complexity index is 175. The molecule has 0 N–H and O–H groups in total. The fourth-order valence-electron chi connectivity index (χ4n) is 2.19. The first kappa shape index (κ1) is 8.58. The van der Waals surface area contributed by atoms with Gasteiger partial charge in [-0.05, 0) is 27.2 Å². The molecule has 3 aliphatic rings. The molecule has 2 bridgehead atoms. The summed E-state index contributed by atoms with van der Waals surface area (Å²) in [6.07, 6.45) is 1.31. The van der Waals surface area contributed by atoms with Crippen LogP contribution in [0.3, 0.4) is 0 Å². The van der Waals surface area contributed by atoms with Crippen LogP contribution in [0.5, 0.6) is 0 Å². The number of hydrogen-bond donors (Lipinski definition) is 0. The minimum absolute atomic E-state index is 0.318. The van der Waals surface area contributed by atoms with Crippen molar-refractivity contribution in [3.05, 3.63) is 0 Å². The lowest BCUT2D eigenvalue weighted by Gasteiger charge is -2.58. The zero-order valence-corrected chi connectivity index (χ0v) is 8.25. The highest BCUT2D eigenvalue weighted by Crippen LogP contribution is 2.33. The minimum Gasteiger partial charge on any atom is -0.346 e. The third-order valence-electron chi connectivity index (χ3n) is 3.20. The average Bonchev–Trinajstić information content (AvgIpc) is 2.02. The van der Waals surface area contributed by atoms with E-state index < -0.39 is 0 Å². The maximum atomic E-state index is 5.84. The highest BCUT2D eigenvalue weighted by Gasteiger charge is 2.43. The third-order valence-corrected chi connectivity index (χ3v) is 3.20. The van der Waals surface area contributed by atoms with Crippen molar-refractivity contribution in [1.82, 2.24) is 9.71 Å². The van der Waals surface area contributed by atoms with Gasteiger partial charge < -0.3 is 4.81 Å². The predicted octanol–water partition coefficient (Wildman–Crippen LogP) is 0.627. The summed E-state index contributed by atoms with van der Waals surface area (Å²) in [6, 6.07) is 1.26. The highest BCUT2D eigenvalue weighted by molar-refractivity contribution is 6.05. The maximum Gasteiger partial charge on any atom is 0.183 e. The van der Waals surface area contributed by atoms with Crippen LogP contribution in [0.1, 0.15) is 27.2 Å². The van der Waals surface area contributed by atoms with Crippen LogP contribution in [-0.4, -0.2) is 48.4 Å². The quantitative estimate of drug-likeness (QED) is 0.484. The van der Waals surface area contributed by atoms with E-state index in [2.05, 4.69) is 25.7 Å². The molecule has 3 rings (SSSR count). The van der Waals surface area contributed by atoms with Crippen LogP contribution in [0.25, 0.3) is 0 Å². The van der Waals surface area contributed by atoms with Crippen LogP contribution in [0.4, 0.5) is 0 Å². The molecule has 0 amide bonds. The van der Waals surface area contributed by atoms with E-state index in [1.54, 1.807) is 0 Å². The fraction of sp³-hybridized carbons (Fsp3) is 1.00. The highest BCUT2D eigenvalue weighted by atomic mass is 15.3. The van der Waals surface area contributed by atoms with Gasteiger partial charge >= 0.3 is 0 Å². The van der Waals surface area contributed by atoms with Crippen molar-refractivity contribution in [1.29, 1.82) is 0 Å². The van der Waals surface area contributed by atoms with Crippen molar-refractivity contribution in [2.24, 2.45) is 0 Å². The molecule has 2 atom stereocenters. The molecule has 3 aliphatic heterocycles. The van der Waals surface area contributed by atoms with Gasteiger partial charge in [-0.25, -0.2) is 0 Å². The first-order chi connectivity index (χ1) is 5.48. The van der Waals surface area contributed by atoms with E-state index in [0.29, 0.717) is 17.6 Å². The Morgan fingerprint density at radius 2 is 1.67 bits per heavy atom. The largest absolute Gasteiger partial charge is 0.346 e. The SMILES string of the molecule is [B]N1C2CC1CN(C(C)(C)C)C2. The minimum atomic E-state index is 0.318. The summed E-state index contributed by atoms with van der Waals surface area (Å²) in [7, 11) is 5.84. The van der Waals surface area contributed by atoms with Crippen molar-refractivity contribution < 1.29 is 0 Å². The molecule has 2 unspecified atom stereocenters. The summed E-state index contributed by atoms with van der Waals surface area (Å²) in [5, 5.41) is 0. The second-order valence-corrected chi connectivity index (χ2v) is 5.07. The molecule has 2 radical (unpaired) electrons. The summed E-state index contributed by atoms with van der Waals surface area (Å²) in [6.45, 7) is 9.13. The van der Waals surface area contributed by atoms with Crippen molar-refractivity contribution in [2.45, 2.75) is 44.8 Å². The fourth-order valence-corrected chi connectivity index (χ4v) is 2.19. The Labute approximate surface area is 76.3 Å². The lowest BCUT2D eigenvalue weighted by atomic mass is 9.82. The van der Waals surface area contributed by atoms with Crippen LogP contribution in [-0.2, 0) is 0 Å². The third kappa shape index (κ3) is 1.19. The van der Waals surface area contributed by atoms with Gasteiger partial charge in [-0.1, -0.05) is 0 Å². The molecule has 3 saturated heterocycles. The monoisotopic (exact) mass is 164 g/mol. The van der Waals surface area contributed by atoms with Crippen molar-refractivity contribution in [3.8, 4) is 0 Å². The first-order valence-electron chi connectivity index (χ1n) is 4.76. The number of rotatable bonds is 0. The summed E-state index contributed by atoms with van der Waals surface area (Å²) in [4.78, 5) is 4.57. The van der Waals surface area contributed by atoms with Gasteiger partial charge in [-0.15, -0.1) is 0 Å². The number of fused-ring (bicyclic) bond motifs is 2. The van der Waals surface area contributed by atoms with Crippen LogP contribution >= 0.6 is 0 Å². The van der Waals surface area contributed by atoms with Crippen LogP contribution in [0.2, 0.25) is 0 Å². The molecule has 2 nitrogen and oxygen atoms in total. The smallest absolute Gasteiger partial charge is 0.183 e. The lowest BCUT2D eigenvalue weighted by molar-refractivity contribution is -0.0447. The van der Waals surface area contributed by atoms with Crippen molar-refractivity contribution in [3.63, 3.8) is 0 Å². The van der Waals surface area contributed by atoms with Crippen LogP contribution in [0, 0.1) is 0 Å². The molecule has 3 heteroatoms.